The van der Waals surface area contributed by atoms with Crippen molar-refractivity contribution in [1.82, 2.24) is 8.61 Å². The number of hydrogen-bond donors (Lipinski definition) is 1. The molecule has 2 fully saturated rings. The van der Waals surface area contributed by atoms with Crippen LogP contribution in [0.4, 0.5) is 4.39 Å². The van der Waals surface area contributed by atoms with Crippen molar-refractivity contribution in [3.63, 3.8) is 0 Å². The van der Waals surface area contributed by atoms with Gasteiger partial charge in [-0.15, -0.1) is 0 Å². The highest BCUT2D eigenvalue weighted by molar-refractivity contribution is 7.86. The minimum atomic E-state index is -3.74. The van der Waals surface area contributed by atoms with Gasteiger partial charge >= 0.3 is 0 Å². The Morgan fingerprint density at radius 3 is 2.48 bits per heavy atom. The summed E-state index contributed by atoms with van der Waals surface area (Å²) in [6.07, 6.45) is 4.91. The van der Waals surface area contributed by atoms with E-state index in [4.69, 9.17) is 0 Å². The van der Waals surface area contributed by atoms with Gasteiger partial charge in [0.25, 0.3) is 10.2 Å². The number of hydrogen-bond acceptors (Lipinski definition) is 3. The number of alkyl halides is 1. The van der Waals surface area contributed by atoms with E-state index in [1.165, 1.54) is 8.61 Å². The predicted octanol–water partition coefficient (Wildman–Crippen LogP) is 2.30. The van der Waals surface area contributed by atoms with Gasteiger partial charge < -0.3 is 5.11 Å². The average Bonchev–Trinajstić information content (AvgIpc) is 3.01. The first kappa shape index (κ1) is 18.8. The van der Waals surface area contributed by atoms with E-state index in [9.17, 15) is 13.5 Å². The Kier molecular flexibility index (Phi) is 5.48. The molecule has 1 N–H and O–H groups in total. The number of rotatable bonds is 5. The molecule has 3 rings (SSSR count). The topological polar surface area (TPSA) is 60.9 Å². The molecule has 140 valence electrons. The van der Waals surface area contributed by atoms with Crippen LogP contribution in [0, 0.1) is 0 Å². The summed E-state index contributed by atoms with van der Waals surface area (Å²) < 4.78 is 44.0. The largest absolute Gasteiger partial charge is 0.393 e. The lowest BCUT2D eigenvalue weighted by molar-refractivity contribution is 0.0698. The van der Waals surface area contributed by atoms with Crippen molar-refractivity contribution in [2.75, 3.05) is 26.7 Å². The van der Waals surface area contributed by atoms with Gasteiger partial charge in [-0.2, -0.15) is 17.0 Å². The quantitative estimate of drug-likeness (QED) is 0.865. The van der Waals surface area contributed by atoms with Gasteiger partial charge in [-0.3, -0.25) is 0 Å². The zero-order valence-corrected chi connectivity index (χ0v) is 15.5. The first-order chi connectivity index (χ1) is 11.9. The highest BCUT2D eigenvalue weighted by Crippen LogP contribution is 2.40. The summed E-state index contributed by atoms with van der Waals surface area (Å²) in [5, 5.41) is 9.62. The molecule has 1 heterocycles. The van der Waals surface area contributed by atoms with E-state index in [0.29, 0.717) is 0 Å². The highest BCUT2D eigenvalue weighted by atomic mass is 32.2. The maximum absolute atomic E-state index is 15.3. The molecule has 0 aromatic heterocycles. The van der Waals surface area contributed by atoms with Gasteiger partial charge in [-0.1, -0.05) is 49.6 Å². The van der Waals surface area contributed by atoms with Crippen LogP contribution < -0.4 is 0 Å². The molecule has 0 radical (unpaired) electrons. The van der Waals surface area contributed by atoms with Crippen molar-refractivity contribution in [3.05, 3.63) is 35.9 Å². The molecule has 1 aromatic carbocycles. The maximum Gasteiger partial charge on any atom is 0.282 e. The second-order valence-electron chi connectivity index (χ2n) is 7.26. The first-order valence-electron chi connectivity index (χ1n) is 8.96. The van der Waals surface area contributed by atoms with Gasteiger partial charge in [-0.25, -0.2) is 4.39 Å². The Morgan fingerprint density at radius 2 is 1.88 bits per heavy atom. The van der Waals surface area contributed by atoms with Crippen molar-refractivity contribution in [2.24, 2.45) is 0 Å². The van der Waals surface area contributed by atoms with Crippen LogP contribution in [0.15, 0.2) is 30.3 Å². The van der Waals surface area contributed by atoms with E-state index in [2.05, 4.69) is 0 Å². The molecule has 0 amide bonds. The molecule has 1 aromatic rings. The number of nitrogens with zero attached hydrogens (tertiary/aromatic N) is 2. The van der Waals surface area contributed by atoms with Gasteiger partial charge in [-0.05, 0) is 18.4 Å². The lowest BCUT2D eigenvalue weighted by atomic mass is 9.87. The van der Waals surface area contributed by atoms with Crippen molar-refractivity contribution < 1.29 is 17.9 Å². The summed E-state index contributed by atoms with van der Waals surface area (Å²) in [5.41, 5.74) is -1.24. The molecule has 25 heavy (non-hydrogen) atoms. The standard InChI is InChI=1S/C18H27FN2O3S/c1-20(16-10-6-3-7-11-16)25(23,24)21-12-17(18(19,13-21)14-22)15-8-4-2-5-9-15/h2,4-5,8-9,16-17,22H,3,6-7,10-14H2,1H3. The van der Waals surface area contributed by atoms with Gasteiger partial charge in [0.1, 0.15) is 0 Å². The smallest absolute Gasteiger partial charge is 0.282 e. The Bertz CT molecular complexity index is 679. The fraction of sp³-hybridized carbons (Fsp3) is 0.667. The third-order valence-corrected chi connectivity index (χ3v) is 7.65. The molecule has 7 heteroatoms. The molecule has 2 aliphatic rings. The summed E-state index contributed by atoms with van der Waals surface area (Å²) in [5.74, 6) is -0.659. The van der Waals surface area contributed by atoms with E-state index < -0.39 is 28.4 Å². The van der Waals surface area contributed by atoms with E-state index in [1.54, 1.807) is 31.3 Å². The highest BCUT2D eigenvalue weighted by Gasteiger charge is 2.52. The molecular formula is C18H27FN2O3S. The van der Waals surface area contributed by atoms with Crippen LogP contribution in [-0.2, 0) is 10.2 Å². The SMILES string of the molecule is CN(C1CCCCC1)S(=O)(=O)N1CC(c2ccccc2)C(F)(CO)C1. The molecule has 1 saturated carbocycles. The van der Waals surface area contributed by atoms with E-state index in [0.717, 1.165) is 37.7 Å². The second-order valence-corrected chi connectivity index (χ2v) is 9.25. The molecule has 2 atom stereocenters. The fourth-order valence-electron chi connectivity index (χ4n) is 4.08. The lowest BCUT2D eigenvalue weighted by Crippen LogP contribution is -2.47. The van der Waals surface area contributed by atoms with Gasteiger partial charge in [0.15, 0.2) is 5.67 Å². The third-order valence-electron chi connectivity index (χ3n) is 5.69. The van der Waals surface area contributed by atoms with E-state index >= 15 is 4.39 Å². The van der Waals surface area contributed by atoms with Crippen LogP contribution in [0.2, 0.25) is 0 Å². The molecule has 1 saturated heterocycles. The zero-order valence-electron chi connectivity index (χ0n) is 14.6. The summed E-state index contributed by atoms with van der Waals surface area (Å²) >= 11 is 0. The number of aliphatic hydroxyl groups excluding tert-OH is 1. The van der Waals surface area contributed by atoms with Crippen LogP contribution in [0.5, 0.6) is 0 Å². The Hall–Kier alpha value is -1.02. The van der Waals surface area contributed by atoms with Crippen molar-refractivity contribution >= 4 is 10.2 Å². The minimum Gasteiger partial charge on any atom is -0.393 e. The zero-order chi connectivity index (χ0) is 18.1. The number of benzene rings is 1. The summed E-state index contributed by atoms with van der Waals surface area (Å²) in [6.45, 7) is -0.936. The van der Waals surface area contributed by atoms with Crippen LogP contribution >= 0.6 is 0 Å². The van der Waals surface area contributed by atoms with E-state index in [1.807, 2.05) is 6.07 Å². The molecule has 0 bridgehead atoms. The second kappa shape index (κ2) is 7.31. The summed E-state index contributed by atoms with van der Waals surface area (Å²) in [6, 6.07) is 9.00. The van der Waals surface area contributed by atoms with Gasteiger partial charge in [0.2, 0.25) is 0 Å². The normalized spacial score (nSPS) is 29.4. The van der Waals surface area contributed by atoms with Crippen LogP contribution in [0.25, 0.3) is 0 Å². The average molecular weight is 370 g/mol. The number of aliphatic hydroxyl groups is 1. The Morgan fingerprint density at radius 1 is 1.24 bits per heavy atom. The predicted molar refractivity (Wildman–Crippen MR) is 95.2 cm³/mol. The molecule has 0 spiro atoms. The molecule has 5 nitrogen and oxygen atoms in total. The Labute approximate surface area is 149 Å². The molecule has 1 aliphatic heterocycles. The molecular weight excluding hydrogens is 343 g/mol. The molecule has 2 unspecified atom stereocenters. The van der Waals surface area contributed by atoms with Crippen LogP contribution in [0.3, 0.4) is 0 Å². The fourth-order valence-corrected chi connectivity index (χ4v) is 5.74. The summed E-state index contributed by atoms with van der Waals surface area (Å²) in [4.78, 5) is 0. The summed E-state index contributed by atoms with van der Waals surface area (Å²) in [7, 11) is -2.15. The maximum atomic E-state index is 15.3. The number of halogens is 1. The minimum absolute atomic E-state index is 0.0161. The van der Waals surface area contributed by atoms with Gasteiger partial charge in [0.05, 0.1) is 13.2 Å². The first-order valence-corrected chi connectivity index (χ1v) is 10.4. The van der Waals surface area contributed by atoms with Gasteiger partial charge in [0, 0.05) is 25.6 Å². The monoisotopic (exact) mass is 370 g/mol. The molecule has 1 aliphatic carbocycles. The van der Waals surface area contributed by atoms with E-state index in [-0.39, 0.29) is 19.1 Å². The Balaban J connectivity index is 1.83. The van der Waals surface area contributed by atoms with Crippen molar-refractivity contribution in [2.45, 2.75) is 49.7 Å². The van der Waals surface area contributed by atoms with Crippen molar-refractivity contribution in [3.8, 4) is 0 Å². The lowest BCUT2D eigenvalue weighted by Gasteiger charge is -2.33. The van der Waals surface area contributed by atoms with Crippen LogP contribution in [0.1, 0.15) is 43.6 Å². The van der Waals surface area contributed by atoms with Crippen LogP contribution in [-0.4, -0.2) is 60.6 Å². The third kappa shape index (κ3) is 3.60. The van der Waals surface area contributed by atoms with Crippen molar-refractivity contribution in [1.29, 1.82) is 0 Å².